The van der Waals surface area contributed by atoms with Gasteiger partial charge in [-0.3, -0.25) is 0 Å². The van der Waals surface area contributed by atoms with Gasteiger partial charge in [0.2, 0.25) is 10.0 Å². The summed E-state index contributed by atoms with van der Waals surface area (Å²) in [4.78, 5) is 0.381. The predicted octanol–water partition coefficient (Wildman–Crippen LogP) is 1.27. The Morgan fingerprint density at radius 3 is 2.59 bits per heavy atom. The van der Waals surface area contributed by atoms with Crippen molar-refractivity contribution >= 4 is 32.6 Å². The lowest BCUT2D eigenvalue weighted by Gasteiger charge is -2.30. The van der Waals surface area contributed by atoms with Crippen molar-refractivity contribution in [1.82, 2.24) is 9.62 Å². The first-order valence-corrected chi connectivity index (χ1v) is 8.01. The molecule has 0 radical (unpaired) electrons. The molecule has 1 aliphatic heterocycles. The molecule has 1 unspecified atom stereocenters. The number of nitrogens with one attached hydrogen (secondary N) is 1. The summed E-state index contributed by atoms with van der Waals surface area (Å²) in [5, 5.41) is 3.24. The standard InChI is InChI=1S/C11H15IN2O2S/c1-9-8-14(7-6-13-9)17(15,16)11-4-2-10(12)3-5-11/h2-5,9,13H,6-8H2,1H3. The highest BCUT2D eigenvalue weighted by Crippen LogP contribution is 2.18. The third-order valence-corrected chi connectivity index (χ3v) is 5.38. The normalized spacial score (nSPS) is 22.6. The second-order valence-corrected chi connectivity index (χ2v) is 7.36. The van der Waals surface area contributed by atoms with E-state index in [2.05, 4.69) is 27.9 Å². The largest absolute Gasteiger partial charge is 0.312 e. The maximum Gasteiger partial charge on any atom is 0.243 e. The van der Waals surface area contributed by atoms with Crippen molar-refractivity contribution in [2.45, 2.75) is 17.9 Å². The fourth-order valence-corrected chi connectivity index (χ4v) is 3.76. The maximum absolute atomic E-state index is 12.3. The topological polar surface area (TPSA) is 49.4 Å². The molecular formula is C11H15IN2O2S. The fourth-order valence-electron chi connectivity index (χ4n) is 1.87. The Morgan fingerprint density at radius 1 is 1.35 bits per heavy atom. The molecule has 17 heavy (non-hydrogen) atoms. The van der Waals surface area contributed by atoms with E-state index in [4.69, 9.17) is 0 Å². The van der Waals surface area contributed by atoms with Gasteiger partial charge in [-0.2, -0.15) is 4.31 Å². The Hall–Kier alpha value is -0.180. The molecule has 0 aliphatic carbocycles. The zero-order chi connectivity index (χ0) is 12.5. The van der Waals surface area contributed by atoms with Crippen LogP contribution >= 0.6 is 22.6 Å². The SMILES string of the molecule is CC1CN(S(=O)(=O)c2ccc(I)cc2)CCN1. The summed E-state index contributed by atoms with van der Waals surface area (Å²) in [6.07, 6.45) is 0. The van der Waals surface area contributed by atoms with Gasteiger partial charge in [-0.25, -0.2) is 8.42 Å². The number of halogens is 1. The summed E-state index contributed by atoms with van der Waals surface area (Å²) in [6, 6.07) is 7.19. The van der Waals surface area contributed by atoms with Crippen LogP contribution in [0, 0.1) is 3.57 Å². The molecule has 2 rings (SSSR count). The summed E-state index contributed by atoms with van der Waals surface area (Å²) in [5.41, 5.74) is 0. The third-order valence-electron chi connectivity index (χ3n) is 2.78. The smallest absolute Gasteiger partial charge is 0.243 e. The van der Waals surface area contributed by atoms with Gasteiger partial charge < -0.3 is 5.32 Å². The van der Waals surface area contributed by atoms with Gasteiger partial charge >= 0.3 is 0 Å². The Morgan fingerprint density at radius 2 is 2.00 bits per heavy atom. The molecule has 94 valence electrons. The van der Waals surface area contributed by atoms with Crippen molar-refractivity contribution in [2.24, 2.45) is 0 Å². The van der Waals surface area contributed by atoms with Crippen LogP contribution in [0.2, 0.25) is 0 Å². The van der Waals surface area contributed by atoms with Crippen molar-refractivity contribution in [1.29, 1.82) is 0 Å². The van der Waals surface area contributed by atoms with Crippen LogP contribution in [0.1, 0.15) is 6.92 Å². The first-order valence-electron chi connectivity index (χ1n) is 5.49. The van der Waals surface area contributed by atoms with Crippen LogP contribution in [0.3, 0.4) is 0 Å². The molecule has 4 nitrogen and oxygen atoms in total. The lowest BCUT2D eigenvalue weighted by molar-refractivity contribution is 0.310. The molecule has 1 atom stereocenters. The van der Waals surface area contributed by atoms with E-state index in [1.165, 1.54) is 0 Å². The number of hydrogen-bond donors (Lipinski definition) is 1. The summed E-state index contributed by atoms with van der Waals surface area (Å²) < 4.78 is 27.3. The lowest BCUT2D eigenvalue weighted by Crippen LogP contribution is -2.51. The second-order valence-electron chi connectivity index (χ2n) is 4.17. The monoisotopic (exact) mass is 366 g/mol. The highest BCUT2D eigenvalue weighted by Gasteiger charge is 2.28. The number of benzene rings is 1. The molecule has 0 aromatic heterocycles. The molecule has 1 aromatic carbocycles. The number of sulfonamides is 1. The molecule has 0 spiro atoms. The highest BCUT2D eigenvalue weighted by atomic mass is 127. The van der Waals surface area contributed by atoms with E-state index in [9.17, 15) is 8.42 Å². The number of hydrogen-bond acceptors (Lipinski definition) is 3. The molecule has 1 heterocycles. The van der Waals surface area contributed by atoms with E-state index in [1.54, 1.807) is 16.4 Å². The summed E-state index contributed by atoms with van der Waals surface area (Å²) >= 11 is 2.16. The minimum atomic E-state index is -3.32. The van der Waals surface area contributed by atoms with Crippen molar-refractivity contribution in [3.63, 3.8) is 0 Å². The summed E-state index contributed by atoms with van der Waals surface area (Å²) in [7, 11) is -3.32. The third kappa shape index (κ3) is 2.98. The Labute approximate surface area is 116 Å². The van der Waals surface area contributed by atoms with Gasteiger partial charge in [0.05, 0.1) is 4.90 Å². The average molecular weight is 366 g/mol. The van der Waals surface area contributed by atoms with Crippen LogP contribution in [-0.4, -0.2) is 38.4 Å². The van der Waals surface area contributed by atoms with Gasteiger partial charge in [0.1, 0.15) is 0 Å². The van der Waals surface area contributed by atoms with E-state index in [-0.39, 0.29) is 6.04 Å². The van der Waals surface area contributed by atoms with Crippen LogP contribution in [-0.2, 0) is 10.0 Å². The Kier molecular flexibility index (Phi) is 4.06. The van der Waals surface area contributed by atoms with Gasteiger partial charge in [-0.15, -0.1) is 0 Å². The lowest BCUT2D eigenvalue weighted by atomic mass is 10.3. The van der Waals surface area contributed by atoms with Crippen LogP contribution in [0.4, 0.5) is 0 Å². The van der Waals surface area contributed by atoms with Crippen LogP contribution < -0.4 is 5.32 Å². The summed E-state index contributed by atoms with van der Waals surface area (Å²) in [5.74, 6) is 0. The van der Waals surface area contributed by atoms with E-state index < -0.39 is 10.0 Å². The predicted molar refractivity (Wildman–Crippen MR) is 75.4 cm³/mol. The summed E-state index contributed by atoms with van der Waals surface area (Å²) in [6.45, 7) is 3.79. The van der Waals surface area contributed by atoms with Gasteiger partial charge in [-0.1, -0.05) is 0 Å². The number of piperazine rings is 1. The van der Waals surface area contributed by atoms with Crippen LogP contribution in [0.5, 0.6) is 0 Å². The molecule has 1 saturated heterocycles. The van der Waals surface area contributed by atoms with E-state index in [1.807, 2.05) is 19.1 Å². The molecule has 0 bridgehead atoms. The number of rotatable bonds is 2. The molecule has 0 saturated carbocycles. The molecule has 0 amide bonds. The maximum atomic E-state index is 12.3. The Bertz CT molecular complexity index is 487. The quantitative estimate of drug-likeness (QED) is 0.803. The molecule has 1 aliphatic rings. The minimum Gasteiger partial charge on any atom is -0.312 e. The second kappa shape index (κ2) is 5.21. The van der Waals surface area contributed by atoms with Gasteiger partial charge in [0, 0.05) is 29.2 Å². The van der Waals surface area contributed by atoms with E-state index >= 15 is 0 Å². The van der Waals surface area contributed by atoms with Crippen molar-refractivity contribution in [3.05, 3.63) is 27.8 Å². The molecule has 1 fully saturated rings. The van der Waals surface area contributed by atoms with Crippen molar-refractivity contribution < 1.29 is 8.42 Å². The van der Waals surface area contributed by atoms with Crippen LogP contribution in [0.15, 0.2) is 29.2 Å². The first kappa shape index (κ1) is 13.3. The molecule has 1 aromatic rings. The number of nitrogens with zero attached hydrogens (tertiary/aromatic N) is 1. The highest BCUT2D eigenvalue weighted by molar-refractivity contribution is 14.1. The first-order chi connectivity index (χ1) is 8.00. The van der Waals surface area contributed by atoms with Gasteiger partial charge in [0.25, 0.3) is 0 Å². The van der Waals surface area contributed by atoms with Gasteiger partial charge in [0.15, 0.2) is 0 Å². The van der Waals surface area contributed by atoms with Crippen molar-refractivity contribution in [3.8, 4) is 0 Å². The van der Waals surface area contributed by atoms with E-state index in [0.717, 1.165) is 3.57 Å². The van der Waals surface area contributed by atoms with Gasteiger partial charge in [-0.05, 0) is 53.8 Å². The molecule has 6 heteroatoms. The average Bonchev–Trinajstić information content (AvgIpc) is 2.29. The zero-order valence-electron chi connectivity index (χ0n) is 9.56. The Balaban J connectivity index is 2.26. The zero-order valence-corrected chi connectivity index (χ0v) is 12.5. The minimum absolute atomic E-state index is 0.211. The van der Waals surface area contributed by atoms with E-state index in [0.29, 0.717) is 24.5 Å². The van der Waals surface area contributed by atoms with Crippen LogP contribution in [0.25, 0.3) is 0 Å². The fraction of sp³-hybridized carbons (Fsp3) is 0.455. The molecular weight excluding hydrogens is 351 g/mol. The molecule has 1 N–H and O–H groups in total. The van der Waals surface area contributed by atoms with Crippen molar-refractivity contribution in [2.75, 3.05) is 19.6 Å².